The number of rotatable bonds is 9. The number of carbonyl (C=O) groups excluding carboxylic acids is 1. The van der Waals surface area contributed by atoms with Crippen molar-refractivity contribution in [3.8, 4) is 5.75 Å². The SMILES string of the molecule is COc1ccc(S(=O)(=O)CCn2ncnn2)cc1S(=O)(=O)Nc1ccccc1C(N)=O. The number of para-hydroxylation sites is 1. The van der Waals surface area contributed by atoms with Gasteiger partial charge in [0.05, 0.1) is 35.6 Å². The number of carbonyl (C=O) groups is 1. The molecule has 0 aliphatic heterocycles. The Morgan fingerprint density at radius 1 is 1.16 bits per heavy atom. The summed E-state index contributed by atoms with van der Waals surface area (Å²) >= 11 is 0. The Morgan fingerprint density at radius 3 is 2.55 bits per heavy atom. The van der Waals surface area contributed by atoms with Crippen LogP contribution >= 0.6 is 0 Å². The number of benzene rings is 2. The molecule has 0 bridgehead atoms. The maximum absolute atomic E-state index is 13.0. The van der Waals surface area contributed by atoms with E-state index in [0.717, 1.165) is 10.9 Å². The zero-order chi connectivity index (χ0) is 22.6. The third-order valence-electron chi connectivity index (χ3n) is 4.17. The number of nitrogens with one attached hydrogen (secondary N) is 1. The number of nitrogens with zero attached hydrogens (tertiary/aromatic N) is 4. The molecule has 0 aliphatic carbocycles. The molecular weight excluding hydrogens is 448 g/mol. The van der Waals surface area contributed by atoms with Crippen LogP contribution in [0.2, 0.25) is 0 Å². The standard InChI is InChI=1S/C17H18N6O6S2/c1-29-15-7-6-12(30(25,26)9-8-23-20-11-19-22-23)10-16(15)31(27,28)21-14-5-3-2-4-13(14)17(18)24/h2-7,10-11,21H,8-9H2,1H3,(H2,18,24). The molecule has 0 spiro atoms. The largest absolute Gasteiger partial charge is 0.495 e. The van der Waals surface area contributed by atoms with E-state index in [1.165, 1.54) is 49.8 Å². The summed E-state index contributed by atoms with van der Waals surface area (Å²) in [7, 11) is -6.98. The normalized spacial score (nSPS) is 11.8. The number of sulfonamides is 1. The number of hydrogen-bond donors (Lipinski definition) is 2. The fourth-order valence-corrected chi connectivity index (χ4v) is 5.22. The van der Waals surface area contributed by atoms with Crippen LogP contribution in [0.4, 0.5) is 5.69 Å². The number of primary amides is 1. The maximum atomic E-state index is 13.0. The number of aromatic nitrogens is 4. The Hall–Kier alpha value is -3.52. The van der Waals surface area contributed by atoms with E-state index in [4.69, 9.17) is 10.5 Å². The van der Waals surface area contributed by atoms with Crippen molar-refractivity contribution in [2.24, 2.45) is 5.73 Å². The predicted octanol–water partition coefficient (Wildman–Crippen LogP) is 0.0553. The van der Waals surface area contributed by atoms with Crippen LogP contribution in [0.15, 0.2) is 58.6 Å². The molecule has 1 amide bonds. The molecule has 31 heavy (non-hydrogen) atoms. The number of anilines is 1. The molecule has 12 nitrogen and oxygen atoms in total. The van der Waals surface area contributed by atoms with Crippen molar-refractivity contribution in [2.75, 3.05) is 17.6 Å². The van der Waals surface area contributed by atoms with Crippen LogP contribution < -0.4 is 15.2 Å². The van der Waals surface area contributed by atoms with Gasteiger partial charge >= 0.3 is 0 Å². The number of sulfone groups is 1. The van der Waals surface area contributed by atoms with E-state index in [2.05, 4.69) is 20.1 Å². The van der Waals surface area contributed by atoms with E-state index in [-0.39, 0.29) is 34.2 Å². The highest BCUT2D eigenvalue weighted by Gasteiger charge is 2.25. The lowest BCUT2D eigenvalue weighted by atomic mass is 10.2. The van der Waals surface area contributed by atoms with Crippen LogP contribution in [-0.4, -0.2) is 55.8 Å². The third kappa shape index (κ3) is 4.97. The molecular formula is C17H18N6O6S2. The molecule has 2 aromatic carbocycles. The van der Waals surface area contributed by atoms with E-state index in [0.29, 0.717) is 0 Å². The van der Waals surface area contributed by atoms with Crippen LogP contribution in [0.5, 0.6) is 5.75 Å². The van der Waals surface area contributed by atoms with Gasteiger partial charge in [-0.05, 0) is 35.5 Å². The van der Waals surface area contributed by atoms with Crippen LogP contribution in [0.1, 0.15) is 10.4 Å². The Bertz CT molecular complexity index is 1310. The van der Waals surface area contributed by atoms with Crippen molar-refractivity contribution in [2.45, 2.75) is 16.3 Å². The molecule has 3 aromatic rings. The molecule has 0 unspecified atom stereocenters. The predicted molar refractivity (Wildman–Crippen MR) is 109 cm³/mol. The number of aryl methyl sites for hydroxylation is 1. The zero-order valence-electron chi connectivity index (χ0n) is 16.2. The topological polar surface area (TPSA) is 176 Å². The van der Waals surface area contributed by atoms with Gasteiger partial charge in [0.1, 0.15) is 10.6 Å². The highest BCUT2D eigenvalue weighted by molar-refractivity contribution is 7.93. The molecule has 0 saturated heterocycles. The van der Waals surface area contributed by atoms with Gasteiger partial charge in [0.2, 0.25) is 0 Å². The van der Waals surface area contributed by atoms with Crippen molar-refractivity contribution in [1.82, 2.24) is 20.2 Å². The van der Waals surface area contributed by atoms with Gasteiger partial charge in [0.15, 0.2) is 16.2 Å². The maximum Gasteiger partial charge on any atom is 0.265 e. The molecule has 0 aliphatic rings. The minimum atomic E-state index is -4.34. The minimum Gasteiger partial charge on any atom is -0.495 e. The summed E-state index contributed by atoms with van der Waals surface area (Å²) in [5.41, 5.74) is 5.19. The molecule has 0 atom stereocenters. The fourth-order valence-electron chi connectivity index (χ4n) is 2.66. The van der Waals surface area contributed by atoms with Crippen LogP contribution in [-0.2, 0) is 26.4 Å². The third-order valence-corrected chi connectivity index (χ3v) is 7.25. The summed E-state index contributed by atoms with van der Waals surface area (Å²) in [6, 6.07) is 9.20. The molecule has 3 rings (SSSR count). The second kappa shape index (κ2) is 8.69. The highest BCUT2D eigenvalue weighted by Crippen LogP contribution is 2.29. The summed E-state index contributed by atoms with van der Waals surface area (Å²) in [4.78, 5) is 12.0. The van der Waals surface area contributed by atoms with E-state index < -0.39 is 30.7 Å². The number of hydrogen-bond acceptors (Lipinski definition) is 9. The lowest BCUT2D eigenvalue weighted by molar-refractivity contribution is 0.100. The lowest BCUT2D eigenvalue weighted by Crippen LogP contribution is -2.20. The van der Waals surface area contributed by atoms with Crippen molar-refractivity contribution in [1.29, 1.82) is 0 Å². The molecule has 0 saturated carbocycles. The first-order valence-corrected chi connectivity index (χ1v) is 11.8. The number of ether oxygens (including phenoxy) is 1. The summed E-state index contributed by atoms with van der Waals surface area (Å²) in [6.45, 7) is -0.0688. The van der Waals surface area contributed by atoms with Crippen molar-refractivity contribution < 1.29 is 26.4 Å². The quantitative estimate of drug-likeness (QED) is 0.441. The Morgan fingerprint density at radius 2 is 1.90 bits per heavy atom. The van der Waals surface area contributed by atoms with E-state index in [1.807, 2.05) is 0 Å². The minimum absolute atomic E-state index is 0.0471. The van der Waals surface area contributed by atoms with Gasteiger partial charge in [-0.2, -0.15) is 4.80 Å². The Balaban J connectivity index is 1.97. The van der Waals surface area contributed by atoms with Gasteiger partial charge in [0.25, 0.3) is 15.9 Å². The molecule has 0 radical (unpaired) electrons. The average molecular weight is 467 g/mol. The number of nitrogens with two attached hydrogens (primary N) is 1. The van der Waals surface area contributed by atoms with Crippen molar-refractivity contribution in [3.05, 3.63) is 54.4 Å². The van der Waals surface area contributed by atoms with Gasteiger partial charge < -0.3 is 10.5 Å². The second-order valence-electron chi connectivity index (χ2n) is 6.18. The van der Waals surface area contributed by atoms with Gasteiger partial charge in [-0.1, -0.05) is 12.1 Å². The Kier molecular flexibility index (Phi) is 6.21. The molecule has 1 aromatic heterocycles. The smallest absolute Gasteiger partial charge is 0.265 e. The van der Waals surface area contributed by atoms with Crippen LogP contribution in [0, 0.1) is 0 Å². The first-order valence-electron chi connectivity index (χ1n) is 8.67. The van der Waals surface area contributed by atoms with E-state index in [1.54, 1.807) is 0 Å². The summed E-state index contributed by atoms with van der Waals surface area (Å²) in [6.07, 6.45) is 1.17. The van der Waals surface area contributed by atoms with Gasteiger partial charge in [-0.25, -0.2) is 16.8 Å². The molecule has 0 fully saturated rings. The van der Waals surface area contributed by atoms with Crippen LogP contribution in [0.25, 0.3) is 0 Å². The number of methoxy groups -OCH3 is 1. The summed E-state index contributed by atoms with van der Waals surface area (Å²) in [5, 5.41) is 10.8. The molecule has 14 heteroatoms. The first kappa shape index (κ1) is 22.2. The average Bonchev–Trinajstić information content (AvgIpc) is 3.25. The van der Waals surface area contributed by atoms with Gasteiger partial charge in [-0.15, -0.1) is 10.2 Å². The van der Waals surface area contributed by atoms with E-state index >= 15 is 0 Å². The molecule has 3 N–H and O–H groups in total. The number of amides is 1. The summed E-state index contributed by atoms with van der Waals surface area (Å²) in [5.74, 6) is -1.29. The zero-order valence-corrected chi connectivity index (χ0v) is 17.8. The van der Waals surface area contributed by atoms with Crippen LogP contribution in [0.3, 0.4) is 0 Å². The Labute approximate surface area is 178 Å². The van der Waals surface area contributed by atoms with Gasteiger partial charge in [0, 0.05) is 0 Å². The lowest BCUT2D eigenvalue weighted by Gasteiger charge is -2.14. The molecule has 1 heterocycles. The van der Waals surface area contributed by atoms with Gasteiger partial charge in [-0.3, -0.25) is 9.52 Å². The fraction of sp³-hybridized carbons (Fsp3) is 0.176. The second-order valence-corrected chi connectivity index (χ2v) is 9.94. The van der Waals surface area contributed by atoms with E-state index in [9.17, 15) is 21.6 Å². The number of tetrazole rings is 1. The van der Waals surface area contributed by atoms with Crippen molar-refractivity contribution >= 4 is 31.5 Å². The van der Waals surface area contributed by atoms with Crippen molar-refractivity contribution in [3.63, 3.8) is 0 Å². The first-order chi connectivity index (χ1) is 14.6. The highest BCUT2D eigenvalue weighted by atomic mass is 32.2. The summed E-state index contributed by atoms with van der Waals surface area (Å²) < 4.78 is 58.8. The monoisotopic (exact) mass is 466 g/mol. The molecule has 164 valence electrons.